The van der Waals surface area contributed by atoms with Gasteiger partial charge in [0, 0.05) is 29.4 Å². The van der Waals surface area contributed by atoms with Crippen molar-refractivity contribution in [1.29, 1.82) is 0 Å². The highest BCUT2D eigenvalue weighted by Gasteiger charge is 2.21. The number of carbonyl (C=O) groups excluding carboxylic acids is 2. The molecule has 9 heteroatoms. The van der Waals surface area contributed by atoms with Gasteiger partial charge in [-0.3, -0.25) is 9.59 Å². The average molecular weight is 523 g/mol. The van der Waals surface area contributed by atoms with Crippen LogP contribution in [0.3, 0.4) is 0 Å². The van der Waals surface area contributed by atoms with Crippen molar-refractivity contribution in [1.82, 2.24) is 9.78 Å². The Morgan fingerprint density at radius 3 is 2.26 bits per heavy atom. The van der Waals surface area contributed by atoms with Gasteiger partial charge in [-0.25, -0.2) is 9.48 Å². The molecule has 38 heavy (non-hydrogen) atoms. The highest BCUT2D eigenvalue weighted by Crippen LogP contribution is 2.36. The van der Waals surface area contributed by atoms with Crippen LogP contribution >= 0.6 is 11.3 Å². The molecular formula is C29H22N4O4S. The number of para-hydroxylation sites is 1. The Balaban J connectivity index is 1.52. The summed E-state index contributed by atoms with van der Waals surface area (Å²) in [6, 6.07) is 26.9. The molecule has 0 unspecified atom stereocenters. The van der Waals surface area contributed by atoms with E-state index in [-0.39, 0.29) is 11.5 Å². The molecule has 2 heterocycles. The third-order valence-corrected chi connectivity index (χ3v) is 6.79. The van der Waals surface area contributed by atoms with Crippen LogP contribution in [0.15, 0.2) is 97.2 Å². The van der Waals surface area contributed by atoms with Gasteiger partial charge in [-0.2, -0.15) is 5.10 Å². The van der Waals surface area contributed by atoms with Gasteiger partial charge in [0.15, 0.2) is 0 Å². The lowest BCUT2D eigenvalue weighted by molar-refractivity contribution is -0.114. The number of hydrogen-bond acceptors (Lipinski definition) is 5. The Morgan fingerprint density at radius 2 is 1.53 bits per heavy atom. The second-order valence-corrected chi connectivity index (χ2v) is 9.52. The van der Waals surface area contributed by atoms with Crippen molar-refractivity contribution in [3.8, 4) is 26.7 Å². The number of nitrogens with zero attached hydrogens (tertiary/aromatic N) is 2. The quantitative estimate of drug-likeness (QED) is 0.236. The summed E-state index contributed by atoms with van der Waals surface area (Å²) >= 11 is 1.47. The summed E-state index contributed by atoms with van der Waals surface area (Å²) in [5.41, 5.74) is 3.70. The molecule has 0 bridgehead atoms. The van der Waals surface area contributed by atoms with Gasteiger partial charge in [0.05, 0.1) is 21.7 Å². The lowest BCUT2D eigenvalue weighted by Crippen LogP contribution is -2.12. The summed E-state index contributed by atoms with van der Waals surface area (Å²) in [7, 11) is 0. The van der Waals surface area contributed by atoms with E-state index in [2.05, 4.69) is 10.6 Å². The Bertz CT molecular complexity index is 1660. The number of carboxylic acids is 1. The van der Waals surface area contributed by atoms with Gasteiger partial charge in [-0.15, -0.1) is 11.3 Å². The molecule has 8 nitrogen and oxygen atoms in total. The van der Waals surface area contributed by atoms with Crippen molar-refractivity contribution in [3.05, 3.63) is 108 Å². The standard InChI is InChI=1S/C29H22N4O4S/c1-18(34)30-21-9-5-7-19(15-21)25-13-14-26(38-25)27-24(17-33(32-27)23-11-3-2-4-12-23)28(35)31-22-10-6-8-20(16-22)29(36)37/h2-17H,1H3,(H,30,34)(H,31,35)(H,36,37). The van der Waals surface area contributed by atoms with E-state index in [0.717, 1.165) is 21.0 Å². The summed E-state index contributed by atoms with van der Waals surface area (Å²) < 4.78 is 1.65. The van der Waals surface area contributed by atoms with Crippen LogP contribution in [0.5, 0.6) is 0 Å². The van der Waals surface area contributed by atoms with E-state index in [0.29, 0.717) is 22.6 Å². The molecule has 188 valence electrons. The Kier molecular flexibility index (Phi) is 6.84. The number of anilines is 2. The highest BCUT2D eigenvalue weighted by atomic mass is 32.1. The molecule has 0 saturated carbocycles. The third-order valence-electron chi connectivity index (χ3n) is 5.65. The molecule has 0 spiro atoms. The smallest absolute Gasteiger partial charge is 0.335 e. The van der Waals surface area contributed by atoms with Crippen LogP contribution < -0.4 is 10.6 Å². The van der Waals surface area contributed by atoms with Gasteiger partial charge in [-0.05, 0) is 60.2 Å². The topological polar surface area (TPSA) is 113 Å². The Hall–Kier alpha value is -5.02. The van der Waals surface area contributed by atoms with Crippen LogP contribution in [0.25, 0.3) is 26.7 Å². The fraction of sp³-hybridized carbons (Fsp3) is 0.0345. The van der Waals surface area contributed by atoms with Gasteiger partial charge >= 0.3 is 5.97 Å². The van der Waals surface area contributed by atoms with E-state index >= 15 is 0 Å². The number of thiophene rings is 1. The van der Waals surface area contributed by atoms with Gasteiger partial charge in [0.1, 0.15) is 5.69 Å². The maximum atomic E-state index is 13.4. The number of aromatic carboxylic acids is 1. The minimum atomic E-state index is -1.08. The molecule has 0 aliphatic heterocycles. The molecule has 0 saturated heterocycles. The number of amides is 2. The average Bonchev–Trinajstić information content (AvgIpc) is 3.57. The second kappa shape index (κ2) is 10.5. The SMILES string of the molecule is CC(=O)Nc1cccc(-c2ccc(-c3nn(-c4ccccc4)cc3C(=O)Nc3cccc(C(=O)O)c3)s2)c1. The van der Waals surface area contributed by atoms with E-state index < -0.39 is 11.9 Å². The van der Waals surface area contributed by atoms with Crippen molar-refractivity contribution >= 4 is 40.5 Å². The van der Waals surface area contributed by atoms with Crippen LogP contribution in [0, 0.1) is 0 Å². The molecule has 0 fully saturated rings. The van der Waals surface area contributed by atoms with E-state index in [1.54, 1.807) is 23.0 Å². The van der Waals surface area contributed by atoms with Crippen molar-refractivity contribution in [2.45, 2.75) is 6.92 Å². The van der Waals surface area contributed by atoms with Gasteiger partial charge in [-0.1, -0.05) is 36.4 Å². The lowest BCUT2D eigenvalue weighted by Gasteiger charge is -2.06. The lowest BCUT2D eigenvalue weighted by atomic mass is 10.1. The Labute approximate surface area is 222 Å². The van der Waals surface area contributed by atoms with Crippen LogP contribution in [0.1, 0.15) is 27.6 Å². The van der Waals surface area contributed by atoms with E-state index in [1.807, 2.05) is 66.7 Å². The van der Waals surface area contributed by atoms with Crippen molar-refractivity contribution < 1.29 is 19.5 Å². The van der Waals surface area contributed by atoms with Gasteiger partial charge < -0.3 is 15.7 Å². The summed E-state index contributed by atoms with van der Waals surface area (Å²) in [5, 5.41) is 19.6. The molecule has 2 amide bonds. The predicted octanol–water partition coefficient (Wildman–Crippen LogP) is 6.18. The molecule has 0 aliphatic rings. The third kappa shape index (κ3) is 5.37. The summed E-state index contributed by atoms with van der Waals surface area (Å²) in [5.74, 6) is -1.63. The van der Waals surface area contributed by atoms with Crippen LogP contribution in [-0.4, -0.2) is 32.7 Å². The van der Waals surface area contributed by atoms with E-state index in [4.69, 9.17) is 5.10 Å². The summed E-state index contributed by atoms with van der Waals surface area (Å²) in [6.45, 7) is 1.46. The maximum Gasteiger partial charge on any atom is 0.335 e. The first-order valence-corrected chi connectivity index (χ1v) is 12.5. The summed E-state index contributed by atoms with van der Waals surface area (Å²) in [4.78, 5) is 38.0. The first kappa shape index (κ1) is 24.7. The molecule has 5 rings (SSSR count). The van der Waals surface area contributed by atoms with E-state index in [1.165, 1.54) is 30.4 Å². The number of carboxylic acid groups (broad SMARTS) is 1. The van der Waals surface area contributed by atoms with Crippen molar-refractivity contribution in [2.75, 3.05) is 10.6 Å². The largest absolute Gasteiger partial charge is 0.478 e. The summed E-state index contributed by atoms with van der Waals surface area (Å²) in [6.07, 6.45) is 1.66. The molecule has 0 aliphatic carbocycles. The molecular weight excluding hydrogens is 500 g/mol. The first-order valence-electron chi connectivity index (χ1n) is 11.7. The minimum Gasteiger partial charge on any atom is -0.478 e. The van der Waals surface area contributed by atoms with Crippen LogP contribution in [-0.2, 0) is 4.79 Å². The minimum absolute atomic E-state index is 0.0763. The van der Waals surface area contributed by atoms with Crippen molar-refractivity contribution in [3.63, 3.8) is 0 Å². The van der Waals surface area contributed by atoms with Gasteiger partial charge in [0.2, 0.25) is 5.91 Å². The van der Waals surface area contributed by atoms with Crippen molar-refractivity contribution in [2.24, 2.45) is 0 Å². The van der Waals surface area contributed by atoms with Crippen LogP contribution in [0.4, 0.5) is 11.4 Å². The number of nitrogens with one attached hydrogen (secondary N) is 2. The highest BCUT2D eigenvalue weighted by molar-refractivity contribution is 7.18. The maximum absolute atomic E-state index is 13.4. The number of rotatable bonds is 7. The molecule has 3 aromatic carbocycles. The number of carbonyl (C=O) groups is 3. The van der Waals surface area contributed by atoms with Gasteiger partial charge in [0.25, 0.3) is 5.91 Å². The first-order chi connectivity index (χ1) is 18.4. The zero-order valence-corrected chi connectivity index (χ0v) is 21.0. The number of hydrogen-bond donors (Lipinski definition) is 3. The fourth-order valence-corrected chi connectivity index (χ4v) is 4.94. The molecule has 0 radical (unpaired) electrons. The normalized spacial score (nSPS) is 10.7. The second-order valence-electron chi connectivity index (χ2n) is 8.44. The molecule has 0 atom stereocenters. The zero-order valence-electron chi connectivity index (χ0n) is 20.2. The number of aromatic nitrogens is 2. The zero-order chi connectivity index (χ0) is 26.6. The number of benzene rings is 3. The molecule has 2 aromatic heterocycles. The van der Waals surface area contributed by atoms with E-state index in [9.17, 15) is 19.5 Å². The predicted molar refractivity (Wildman–Crippen MR) is 148 cm³/mol. The molecule has 3 N–H and O–H groups in total. The fourth-order valence-electron chi connectivity index (χ4n) is 3.94. The molecule has 5 aromatic rings. The van der Waals surface area contributed by atoms with Crippen LogP contribution in [0.2, 0.25) is 0 Å². The monoisotopic (exact) mass is 522 g/mol. The Morgan fingerprint density at radius 1 is 0.816 bits per heavy atom.